The lowest BCUT2D eigenvalue weighted by Crippen LogP contribution is -2.11. The first-order chi connectivity index (χ1) is 9.50. The van der Waals surface area contributed by atoms with E-state index in [1.54, 1.807) is 12.1 Å². The van der Waals surface area contributed by atoms with Gasteiger partial charge in [0.1, 0.15) is 5.69 Å². The Morgan fingerprint density at radius 2 is 1.75 bits per heavy atom. The van der Waals surface area contributed by atoms with Gasteiger partial charge in [0.25, 0.3) is 0 Å². The van der Waals surface area contributed by atoms with E-state index in [1.807, 2.05) is 31.1 Å². The fourth-order valence-corrected chi connectivity index (χ4v) is 1.92. The summed E-state index contributed by atoms with van der Waals surface area (Å²) < 4.78 is 13.6. The fourth-order valence-electron chi connectivity index (χ4n) is 1.92. The first kappa shape index (κ1) is 13.8. The Kier molecular flexibility index (Phi) is 3.84. The Morgan fingerprint density at radius 3 is 2.40 bits per heavy atom. The summed E-state index contributed by atoms with van der Waals surface area (Å²) in [6, 6.07) is 11.3. The lowest BCUT2D eigenvalue weighted by atomic mass is 10.2. The summed E-state index contributed by atoms with van der Waals surface area (Å²) in [4.78, 5) is 12.1. The molecular formula is C14H14FN3O2. The minimum Gasteiger partial charge on any atom is -0.376 e. The molecule has 5 nitrogen and oxygen atoms in total. The Labute approximate surface area is 115 Å². The van der Waals surface area contributed by atoms with Crippen molar-refractivity contribution >= 4 is 22.7 Å². The fraction of sp³-hybridized carbons (Fsp3) is 0.143. The van der Waals surface area contributed by atoms with Gasteiger partial charge in [0.15, 0.2) is 0 Å². The number of anilines is 3. The summed E-state index contributed by atoms with van der Waals surface area (Å²) in [6.45, 7) is 0. The van der Waals surface area contributed by atoms with E-state index in [0.29, 0.717) is 5.69 Å². The van der Waals surface area contributed by atoms with E-state index in [0.717, 1.165) is 11.8 Å². The summed E-state index contributed by atoms with van der Waals surface area (Å²) >= 11 is 0. The molecule has 0 saturated heterocycles. The van der Waals surface area contributed by atoms with Gasteiger partial charge in [-0.05, 0) is 24.3 Å². The molecule has 0 aliphatic carbocycles. The van der Waals surface area contributed by atoms with Crippen LogP contribution in [0.2, 0.25) is 0 Å². The minimum atomic E-state index is -0.859. The number of halogens is 1. The molecular weight excluding hydrogens is 261 g/mol. The summed E-state index contributed by atoms with van der Waals surface area (Å²) in [5, 5.41) is 13.9. The summed E-state index contributed by atoms with van der Waals surface area (Å²) in [5.41, 5.74) is 1.10. The summed E-state index contributed by atoms with van der Waals surface area (Å²) in [5.74, 6) is -0.859. The zero-order valence-corrected chi connectivity index (χ0v) is 11.1. The molecule has 0 atom stereocenters. The van der Waals surface area contributed by atoms with Crippen LogP contribution in [0.25, 0.3) is 0 Å². The van der Waals surface area contributed by atoms with Crippen LogP contribution in [0.4, 0.5) is 27.1 Å². The van der Waals surface area contributed by atoms with E-state index in [2.05, 4.69) is 5.32 Å². The second-order valence-electron chi connectivity index (χ2n) is 4.43. The van der Waals surface area contributed by atoms with Crippen LogP contribution >= 0.6 is 0 Å². The van der Waals surface area contributed by atoms with Crippen molar-refractivity contribution in [1.29, 1.82) is 0 Å². The van der Waals surface area contributed by atoms with Gasteiger partial charge in [-0.25, -0.2) is 0 Å². The lowest BCUT2D eigenvalue weighted by molar-refractivity contribution is -0.386. The molecule has 0 fully saturated rings. The second kappa shape index (κ2) is 5.56. The third-order valence-corrected chi connectivity index (χ3v) is 2.82. The number of nitrogens with zero attached hydrogens (tertiary/aromatic N) is 2. The smallest absolute Gasteiger partial charge is 0.327 e. The van der Waals surface area contributed by atoms with E-state index in [-0.39, 0.29) is 5.69 Å². The molecule has 0 saturated carbocycles. The number of nitrogens with one attached hydrogen (secondary N) is 1. The van der Waals surface area contributed by atoms with Gasteiger partial charge >= 0.3 is 5.69 Å². The number of para-hydroxylation sites is 3. The van der Waals surface area contributed by atoms with Gasteiger partial charge in [-0.2, -0.15) is 4.39 Å². The summed E-state index contributed by atoms with van der Waals surface area (Å²) in [6.07, 6.45) is 0. The van der Waals surface area contributed by atoms with Crippen molar-refractivity contribution < 1.29 is 9.31 Å². The van der Waals surface area contributed by atoms with Crippen molar-refractivity contribution in [2.24, 2.45) is 0 Å². The van der Waals surface area contributed by atoms with Gasteiger partial charge in [0, 0.05) is 14.1 Å². The monoisotopic (exact) mass is 275 g/mol. The first-order valence-corrected chi connectivity index (χ1v) is 5.97. The molecule has 0 aliphatic rings. The second-order valence-corrected chi connectivity index (χ2v) is 4.43. The molecule has 0 heterocycles. The molecule has 1 N–H and O–H groups in total. The van der Waals surface area contributed by atoms with Crippen LogP contribution in [0.3, 0.4) is 0 Å². The first-order valence-electron chi connectivity index (χ1n) is 5.97. The van der Waals surface area contributed by atoms with Crippen molar-refractivity contribution in [2.45, 2.75) is 0 Å². The minimum absolute atomic E-state index is 0.129. The van der Waals surface area contributed by atoms with Crippen LogP contribution < -0.4 is 10.2 Å². The van der Waals surface area contributed by atoms with Crippen molar-refractivity contribution in [3.05, 3.63) is 58.4 Å². The van der Waals surface area contributed by atoms with Crippen LogP contribution in [0.1, 0.15) is 0 Å². The maximum Gasteiger partial charge on any atom is 0.327 e. The third kappa shape index (κ3) is 2.69. The van der Waals surface area contributed by atoms with Crippen LogP contribution in [-0.4, -0.2) is 19.0 Å². The molecule has 0 aliphatic heterocycles. The van der Waals surface area contributed by atoms with E-state index in [9.17, 15) is 14.5 Å². The van der Waals surface area contributed by atoms with Crippen LogP contribution in [0.5, 0.6) is 0 Å². The normalized spacial score (nSPS) is 10.2. The predicted molar refractivity (Wildman–Crippen MR) is 77.1 cm³/mol. The van der Waals surface area contributed by atoms with Crippen molar-refractivity contribution in [1.82, 2.24) is 0 Å². The van der Waals surface area contributed by atoms with E-state index in [4.69, 9.17) is 0 Å². The van der Waals surface area contributed by atoms with Gasteiger partial charge in [-0.1, -0.05) is 18.2 Å². The van der Waals surface area contributed by atoms with Gasteiger partial charge in [-0.3, -0.25) is 10.1 Å². The molecule has 6 heteroatoms. The van der Waals surface area contributed by atoms with Crippen LogP contribution in [0.15, 0.2) is 42.5 Å². The SMILES string of the molecule is CN(C)c1ccccc1Nc1cccc(F)c1[N+](=O)[O-]. The number of benzene rings is 2. The highest BCUT2D eigenvalue weighted by Crippen LogP contribution is 2.33. The van der Waals surface area contributed by atoms with Crippen molar-refractivity contribution in [3.8, 4) is 0 Å². The third-order valence-electron chi connectivity index (χ3n) is 2.82. The van der Waals surface area contributed by atoms with Crippen molar-refractivity contribution in [3.63, 3.8) is 0 Å². The van der Waals surface area contributed by atoms with Gasteiger partial charge in [0.2, 0.25) is 5.82 Å². The highest BCUT2D eigenvalue weighted by Gasteiger charge is 2.20. The van der Waals surface area contributed by atoms with E-state index >= 15 is 0 Å². The Morgan fingerprint density at radius 1 is 1.10 bits per heavy atom. The maximum atomic E-state index is 13.6. The molecule has 2 aromatic rings. The predicted octanol–water partition coefficient (Wildman–Crippen LogP) is 3.54. The van der Waals surface area contributed by atoms with Gasteiger partial charge in [0.05, 0.1) is 16.3 Å². The largest absolute Gasteiger partial charge is 0.376 e. The van der Waals surface area contributed by atoms with E-state index < -0.39 is 16.4 Å². The number of rotatable bonds is 4. The number of hydrogen-bond acceptors (Lipinski definition) is 4. The molecule has 2 rings (SSSR count). The molecule has 0 unspecified atom stereocenters. The molecule has 104 valence electrons. The Bertz CT molecular complexity index is 644. The van der Waals surface area contributed by atoms with Crippen LogP contribution in [0, 0.1) is 15.9 Å². The Hall–Kier alpha value is -2.63. The molecule has 2 aromatic carbocycles. The Balaban J connectivity index is 2.46. The zero-order valence-electron chi connectivity index (χ0n) is 11.1. The average molecular weight is 275 g/mol. The maximum absolute atomic E-state index is 13.6. The molecule has 0 aromatic heterocycles. The highest BCUT2D eigenvalue weighted by molar-refractivity contribution is 5.78. The topological polar surface area (TPSA) is 58.4 Å². The quantitative estimate of drug-likeness (QED) is 0.685. The molecule has 0 amide bonds. The van der Waals surface area contributed by atoms with Crippen molar-refractivity contribution in [2.75, 3.05) is 24.3 Å². The molecule has 20 heavy (non-hydrogen) atoms. The number of nitro benzene ring substituents is 1. The van der Waals surface area contributed by atoms with Crippen LogP contribution in [-0.2, 0) is 0 Å². The van der Waals surface area contributed by atoms with Gasteiger partial charge < -0.3 is 10.2 Å². The van der Waals surface area contributed by atoms with E-state index in [1.165, 1.54) is 12.1 Å². The standard InChI is InChI=1S/C14H14FN3O2/c1-17(2)13-9-4-3-7-11(13)16-12-8-5-6-10(15)14(12)18(19)20/h3-9,16H,1-2H3. The zero-order chi connectivity index (χ0) is 14.7. The molecule has 0 spiro atoms. The average Bonchev–Trinajstić information content (AvgIpc) is 2.38. The lowest BCUT2D eigenvalue weighted by Gasteiger charge is -2.18. The van der Waals surface area contributed by atoms with Gasteiger partial charge in [-0.15, -0.1) is 0 Å². The summed E-state index contributed by atoms with van der Waals surface area (Å²) in [7, 11) is 3.72. The highest BCUT2D eigenvalue weighted by atomic mass is 19.1. The number of nitro groups is 1. The molecule has 0 bridgehead atoms. The number of hydrogen-bond donors (Lipinski definition) is 1. The molecule has 0 radical (unpaired) electrons.